The molecule has 0 heterocycles. The first kappa shape index (κ1) is 90.4. The zero-order valence-corrected chi connectivity index (χ0v) is 65.5. The predicted molar refractivity (Wildman–Crippen MR) is 418 cm³/mol. The summed E-state index contributed by atoms with van der Waals surface area (Å²) in [5.74, 6) is -0.0537. The lowest BCUT2D eigenvalue weighted by Crippen LogP contribution is -2.33. The lowest BCUT2D eigenvalue weighted by molar-refractivity contribution is -0.118. The fraction of sp³-hybridized carbons (Fsp3) is 0.523. The highest BCUT2D eigenvalue weighted by Gasteiger charge is 2.39. The van der Waals surface area contributed by atoms with E-state index in [1.54, 1.807) is 19.2 Å². The van der Waals surface area contributed by atoms with Gasteiger partial charge in [-0.1, -0.05) is 165 Å². The van der Waals surface area contributed by atoms with Crippen LogP contribution >= 0.6 is 0 Å². The standard InChI is InChI=1S/C30H42N2O4.C29H40N2O5.C29H40N2O3/c1-5-6-17-36-29(35)25-10-7-9-24(18-25)13-16-32(4)15-8-14-30(22-31,23(2)3)28-12-11-26(20-33)27(19-28)21-34;1-22(2)29(21-30,27-10-9-25(19-32)26(18-27)20-33)12-6-13-31(3)14-11-23-7-5-8-24(17-23)28(34)36-16-15-35-4;1-5-28(34)17-24-9-6-8-23(16-24)12-15-31(4)14-7-13-29(21-30,22(2)3)27-11-10-25(19-32)26(18-27)20-33/h7,9-12,18-19,23,33-34H,5-6,8,13-17,20-21H2,1-4H3;5,7-10,17-18,22,32-33H,6,11-16,19-20H2,1-4H3;6,8-11,16,18,22,32-33H,5,7,12-15,17,19-20H2,1-4H3. The monoisotopic (exact) mass is 1450 g/mol. The van der Waals surface area contributed by atoms with Gasteiger partial charge in [-0.05, 0) is 219 Å². The smallest absolute Gasteiger partial charge is 0.338 e. The Bertz CT molecular complexity index is 3620. The predicted octanol–water partition coefficient (Wildman–Crippen LogP) is 13.4. The molecule has 106 heavy (non-hydrogen) atoms. The molecule has 3 atom stereocenters. The molecular weight excluding hydrogens is 1330 g/mol. The summed E-state index contributed by atoms with van der Waals surface area (Å²) in [5, 5.41) is 88.4. The van der Waals surface area contributed by atoms with E-state index in [0.717, 1.165) is 130 Å². The van der Waals surface area contributed by atoms with Gasteiger partial charge in [-0.2, -0.15) is 15.8 Å². The quantitative estimate of drug-likeness (QED) is 0.0153. The summed E-state index contributed by atoms with van der Waals surface area (Å²) in [5.41, 5.74) is 10.4. The van der Waals surface area contributed by atoms with Crippen LogP contribution in [0.1, 0.15) is 206 Å². The molecule has 6 aromatic rings. The molecule has 6 rings (SSSR count). The van der Waals surface area contributed by atoms with Crippen molar-refractivity contribution in [2.75, 3.05) is 87.3 Å². The Labute approximate surface area is 633 Å². The van der Waals surface area contributed by atoms with Gasteiger partial charge in [-0.15, -0.1) is 0 Å². The number of nitrogens with zero attached hydrogens (tertiary/aromatic N) is 6. The minimum Gasteiger partial charge on any atom is -0.462 e. The number of carbonyl (C=O) groups is 3. The molecule has 0 saturated heterocycles. The molecule has 3 unspecified atom stereocenters. The summed E-state index contributed by atoms with van der Waals surface area (Å²) in [6.45, 7) is 21.6. The third kappa shape index (κ3) is 27.3. The van der Waals surface area contributed by atoms with Gasteiger partial charge in [0.25, 0.3) is 0 Å². The maximum absolute atomic E-state index is 12.2. The van der Waals surface area contributed by atoms with Gasteiger partial charge >= 0.3 is 11.9 Å². The van der Waals surface area contributed by atoms with E-state index >= 15 is 0 Å². The summed E-state index contributed by atoms with van der Waals surface area (Å²) < 4.78 is 15.4. The Hall–Kier alpha value is -8.00. The molecule has 0 bridgehead atoms. The molecule has 0 aromatic heterocycles. The fourth-order valence-corrected chi connectivity index (χ4v) is 13.5. The number of ether oxygens (including phenoxy) is 3. The number of Topliss-reactive ketones (excluding diaryl/α,β-unsaturated/α-hetero) is 1. The van der Waals surface area contributed by atoms with E-state index in [1.807, 2.05) is 110 Å². The van der Waals surface area contributed by atoms with Crippen molar-refractivity contribution in [1.82, 2.24) is 14.7 Å². The van der Waals surface area contributed by atoms with Crippen LogP contribution in [-0.2, 0) is 101 Å². The molecular formula is C88H122N6O12. The first-order valence-corrected chi connectivity index (χ1v) is 37.8. The zero-order valence-electron chi connectivity index (χ0n) is 65.5. The Morgan fingerprint density at radius 2 is 0.745 bits per heavy atom. The summed E-state index contributed by atoms with van der Waals surface area (Å²) in [6, 6.07) is 48.0. The lowest BCUT2D eigenvalue weighted by atomic mass is 9.69. The first-order chi connectivity index (χ1) is 50.9. The van der Waals surface area contributed by atoms with E-state index in [-0.39, 0.29) is 81.7 Å². The number of aliphatic hydroxyl groups excluding tert-OH is 6. The molecule has 0 aliphatic rings. The Balaban J connectivity index is 0.000000336. The average Bonchev–Trinajstić information content (AvgIpc) is 0.800. The van der Waals surface area contributed by atoms with Crippen molar-refractivity contribution in [2.45, 2.75) is 195 Å². The van der Waals surface area contributed by atoms with Crippen molar-refractivity contribution < 1.29 is 59.2 Å². The normalized spacial score (nSPS) is 13.0. The maximum Gasteiger partial charge on any atom is 0.338 e. The molecule has 6 aromatic carbocycles. The lowest BCUT2D eigenvalue weighted by Gasteiger charge is -2.32. The van der Waals surface area contributed by atoms with E-state index in [4.69, 9.17) is 14.2 Å². The molecule has 18 nitrogen and oxygen atoms in total. The van der Waals surface area contributed by atoms with Gasteiger partial charge in [0.1, 0.15) is 12.4 Å². The molecule has 0 aliphatic carbocycles. The molecule has 0 amide bonds. The summed E-state index contributed by atoms with van der Waals surface area (Å²) in [7, 11) is 7.81. The van der Waals surface area contributed by atoms with Crippen LogP contribution in [0, 0.1) is 51.7 Å². The topological polar surface area (TPSA) is 281 Å². The number of esters is 2. The third-order valence-electron chi connectivity index (χ3n) is 20.8. The second-order valence-corrected chi connectivity index (χ2v) is 29.0. The van der Waals surface area contributed by atoms with E-state index < -0.39 is 16.2 Å². The number of benzene rings is 6. The number of unbranched alkanes of at least 4 members (excludes halogenated alkanes) is 1. The van der Waals surface area contributed by atoms with Crippen LogP contribution in [0.25, 0.3) is 0 Å². The molecule has 0 saturated carbocycles. The number of ketones is 1. The van der Waals surface area contributed by atoms with Crippen LogP contribution in [-0.4, -0.2) is 150 Å². The average molecular weight is 1460 g/mol. The number of likely N-dealkylation sites (N-methyl/N-ethyl adjacent to an activating group) is 3. The van der Waals surface area contributed by atoms with Crippen molar-refractivity contribution in [1.29, 1.82) is 15.8 Å². The maximum atomic E-state index is 12.2. The van der Waals surface area contributed by atoms with Crippen LogP contribution in [0.3, 0.4) is 0 Å². The first-order valence-electron chi connectivity index (χ1n) is 37.8. The van der Waals surface area contributed by atoms with Crippen molar-refractivity contribution in [2.24, 2.45) is 17.8 Å². The summed E-state index contributed by atoms with van der Waals surface area (Å²) >= 11 is 0. The van der Waals surface area contributed by atoms with Crippen LogP contribution < -0.4 is 0 Å². The van der Waals surface area contributed by atoms with Crippen LogP contribution in [0.5, 0.6) is 0 Å². The van der Waals surface area contributed by atoms with Crippen LogP contribution in [0.4, 0.5) is 0 Å². The number of hydrogen-bond donors (Lipinski definition) is 6. The van der Waals surface area contributed by atoms with Gasteiger partial charge in [-0.25, -0.2) is 9.59 Å². The Morgan fingerprint density at radius 3 is 1.06 bits per heavy atom. The van der Waals surface area contributed by atoms with E-state index in [0.29, 0.717) is 83.4 Å². The highest BCUT2D eigenvalue weighted by atomic mass is 16.6. The number of nitriles is 3. The molecule has 0 fully saturated rings. The highest BCUT2D eigenvalue weighted by Crippen LogP contribution is 2.41. The van der Waals surface area contributed by atoms with Gasteiger partial charge in [0, 0.05) is 39.6 Å². The van der Waals surface area contributed by atoms with Gasteiger partial charge in [0.2, 0.25) is 0 Å². The Kier molecular flexibility index (Phi) is 40.6. The minimum absolute atomic E-state index is 0.0886. The van der Waals surface area contributed by atoms with Crippen molar-refractivity contribution in [3.05, 3.63) is 211 Å². The minimum atomic E-state index is -0.670. The van der Waals surface area contributed by atoms with Crippen LogP contribution in [0.15, 0.2) is 127 Å². The number of methoxy groups -OCH3 is 1. The van der Waals surface area contributed by atoms with Gasteiger partial charge in [-0.3, -0.25) is 4.79 Å². The van der Waals surface area contributed by atoms with Crippen molar-refractivity contribution in [3.8, 4) is 18.2 Å². The van der Waals surface area contributed by atoms with Gasteiger partial charge in [0.05, 0.1) is 98.4 Å². The molecule has 0 aliphatic heterocycles. The molecule has 576 valence electrons. The Morgan fingerprint density at radius 1 is 0.415 bits per heavy atom. The summed E-state index contributed by atoms with van der Waals surface area (Å²) in [6.07, 6.45) is 10.2. The van der Waals surface area contributed by atoms with Gasteiger partial charge in [0.15, 0.2) is 0 Å². The van der Waals surface area contributed by atoms with E-state index in [1.165, 1.54) is 5.56 Å². The number of aliphatic hydroxyl groups is 6. The van der Waals surface area contributed by atoms with Crippen molar-refractivity contribution in [3.63, 3.8) is 0 Å². The SMILES string of the molecule is CCC(=O)Cc1cccc(CCN(C)CCCC(C#N)(c2ccc(CO)c(CO)c2)C(C)C)c1.CCCCOC(=O)c1cccc(CCN(C)CCCC(C#N)(c2ccc(CO)c(CO)c2)C(C)C)c1.COCCOC(=O)c1cccc(CCN(C)CCCC(C#N)(c2ccc(CO)c(CO)c2)C(C)C)c1. The molecule has 0 spiro atoms. The van der Waals surface area contributed by atoms with Gasteiger partial charge < -0.3 is 59.5 Å². The fourth-order valence-electron chi connectivity index (χ4n) is 13.5. The molecule has 0 radical (unpaired) electrons. The van der Waals surface area contributed by atoms with E-state index in [2.05, 4.69) is 115 Å². The van der Waals surface area contributed by atoms with Crippen molar-refractivity contribution >= 4 is 17.7 Å². The van der Waals surface area contributed by atoms with E-state index in [9.17, 15) is 60.8 Å². The second kappa shape index (κ2) is 47.6. The zero-order chi connectivity index (χ0) is 78.2. The van der Waals surface area contributed by atoms with Crippen LogP contribution in [0.2, 0.25) is 0 Å². The number of rotatable bonds is 44. The number of carbonyl (C=O) groups excluding carboxylic acids is 3. The third-order valence-corrected chi connectivity index (χ3v) is 20.8. The summed E-state index contributed by atoms with van der Waals surface area (Å²) in [4.78, 5) is 42.9. The molecule has 6 N–H and O–H groups in total. The second-order valence-electron chi connectivity index (χ2n) is 29.0. The number of hydrogen-bond acceptors (Lipinski definition) is 18. The largest absolute Gasteiger partial charge is 0.462 e. The molecule has 18 heteroatoms. The highest BCUT2D eigenvalue weighted by molar-refractivity contribution is 5.90.